The monoisotopic (exact) mass is 341 g/mol. The number of carbonyl (C=O) groups excluding carboxylic acids is 1. The maximum absolute atomic E-state index is 13.6. The summed E-state index contributed by atoms with van der Waals surface area (Å²) >= 11 is 0. The summed E-state index contributed by atoms with van der Waals surface area (Å²) in [7, 11) is 0. The first-order valence-corrected chi connectivity index (χ1v) is 7.68. The number of nitrogens with zero attached hydrogens (tertiary/aromatic N) is 2. The Morgan fingerprint density at radius 2 is 2.04 bits per heavy atom. The molecule has 0 saturated heterocycles. The van der Waals surface area contributed by atoms with Gasteiger partial charge in [0, 0.05) is 12.4 Å². The van der Waals surface area contributed by atoms with Crippen molar-refractivity contribution in [1.29, 1.82) is 0 Å². The zero-order chi connectivity index (χ0) is 17.6. The minimum Gasteiger partial charge on any atom is -0.478 e. The number of aromatic nitrogens is 2. The first-order valence-electron chi connectivity index (χ1n) is 7.68. The van der Waals surface area contributed by atoms with Gasteiger partial charge in [-0.2, -0.15) is 0 Å². The zero-order valence-corrected chi connectivity index (χ0v) is 13.5. The van der Waals surface area contributed by atoms with Gasteiger partial charge in [-0.25, -0.2) is 9.37 Å². The minimum atomic E-state index is -0.861. The third-order valence-corrected chi connectivity index (χ3v) is 3.47. The summed E-state index contributed by atoms with van der Waals surface area (Å²) in [6.07, 6.45) is 3.76. The van der Waals surface area contributed by atoms with E-state index in [0.29, 0.717) is 17.1 Å². The molecule has 2 heterocycles. The van der Waals surface area contributed by atoms with Crippen molar-refractivity contribution in [2.24, 2.45) is 0 Å². The fourth-order valence-corrected chi connectivity index (χ4v) is 2.21. The highest BCUT2D eigenvalue weighted by atomic mass is 19.1. The largest absolute Gasteiger partial charge is 0.478 e. The number of carbonyl (C=O) groups is 1. The summed E-state index contributed by atoms with van der Waals surface area (Å²) < 4.78 is 24.3. The molecule has 1 amide bonds. The van der Waals surface area contributed by atoms with Gasteiger partial charge in [-0.15, -0.1) is 0 Å². The van der Waals surface area contributed by atoms with Crippen LogP contribution in [0.2, 0.25) is 0 Å². The Hall–Kier alpha value is -3.22. The van der Waals surface area contributed by atoms with E-state index in [2.05, 4.69) is 15.3 Å². The summed E-state index contributed by atoms with van der Waals surface area (Å²) in [5.74, 6) is -0.315. The summed E-state index contributed by atoms with van der Waals surface area (Å²) in [6.45, 7) is 1.69. The van der Waals surface area contributed by atoms with Crippen LogP contribution in [-0.2, 0) is 11.3 Å². The number of furan rings is 1. The van der Waals surface area contributed by atoms with Crippen LogP contribution in [0.1, 0.15) is 12.6 Å². The van der Waals surface area contributed by atoms with Crippen molar-refractivity contribution in [3.63, 3.8) is 0 Å². The minimum absolute atomic E-state index is 0.0286. The lowest BCUT2D eigenvalue weighted by molar-refractivity contribution is -0.127. The Morgan fingerprint density at radius 1 is 1.24 bits per heavy atom. The highest BCUT2D eigenvalue weighted by molar-refractivity contribution is 5.80. The van der Waals surface area contributed by atoms with E-state index in [1.165, 1.54) is 24.6 Å². The van der Waals surface area contributed by atoms with Crippen molar-refractivity contribution in [2.75, 3.05) is 0 Å². The normalized spacial score (nSPS) is 11.8. The molecule has 0 saturated carbocycles. The SMILES string of the molecule is CC(Oc1ccccc1F)C(=O)NCc1nccnc1-c1ccco1. The first kappa shape index (κ1) is 16.6. The van der Waals surface area contributed by atoms with E-state index in [0.717, 1.165) is 0 Å². The van der Waals surface area contributed by atoms with Crippen molar-refractivity contribution >= 4 is 5.91 Å². The standard InChI is InChI=1S/C18H16FN3O3/c1-12(25-15-6-3-2-5-13(15)19)18(23)22-11-14-17(21-9-8-20-14)16-7-4-10-24-16/h2-10,12H,11H2,1H3,(H,22,23). The van der Waals surface area contributed by atoms with Crippen LogP contribution in [0.5, 0.6) is 5.75 Å². The molecule has 0 aliphatic heterocycles. The molecule has 0 aliphatic rings. The number of ether oxygens (including phenoxy) is 1. The van der Waals surface area contributed by atoms with Gasteiger partial charge in [0.05, 0.1) is 18.5 Å². The summed E-state index contributed by atoms with van der Waals surface area (Å²) in [5.41, 5.74) is 1.11. The molecule has 2 aromatic heterocycles. The number of amides is 1. The Morgan fingerprint density at radius 3 is 2.80 bits per heavy atom. The van der Waals surface area contributed by atoms with Crippen LogP contribution >= 0.6 is 0 Å². The molecule has 3 rings (SSSR count). The lowest BCUT2D eigenvalue weighted by Gasteiger charge is -2.15. The Balaban J connectivity index is 1.64. The molecule has 1 unspecified atom stereocenters. The average Bonchev–Trinajstić information content (AvgIpc) is 3.16. The molecular formula is C18H16FN3O3. The smallest absolute Gasteiger partial charge is 0.261 e. The lowest BCUT2D eigenvalue weighted by atomic mass is 10.2. The van der Waals surface area contributed by atoms with E-state index in [1.54, 1.807) is 37.4 Å². The van der Waals surface area contributed by atoms with Gasteiger partial charge in [0.25, 0.3) is 5.91 Å². The molecule has 0 radical (unpaired) electrons. The van der Waals surface area contributed by atoms with Crippen LogP contribution in [0.25, 0.3) is 11.5 Å². The average molecular weight is 341 g/mol. The van der Waals surface area contributed by atoms with Crippen LogP contribution in [0.4, 0.5) is 4.39 Å². The quantitative estimate of drug-likeness (QED) is 0.746. The van der Waals surface area contributed by atoms with Gasteiger partial charge in [-0.3, -0.25) is 9.78 Å². The van der Waals surface area contributed by atoms with Crippen LogP contribution in [0.3, 0.4) is 0 Å². The molecule has 1 atom stereocenters. The molecule has 128 valence electrons. The van der Waals surface area contributed by atoms with E-state index in [4.69, 9.17) is 9.15 Å². The molecule has 25 heavy (non-hydrogen) atoms. The maximum Gasteiger partial charge on any atom is 0.261 e. The van der Waals surface area contributed by atoms with E-state index < -0.39 is 11.9 Å². The molecular weight excluding hydrogens is 325 g/mol. The highest BCUT2D eigenvalue weighted by Crippen LogP contribution is 2.20. The van der Waals surface area contributed by atoms with Crippen LogP contribution in [0.15, 0.2) is 59.5 Å². The van der Waals surface area contributed by atoms with Crippen molar-refractivity contribution < 1.29 is 18.3 Å². The molecule has 1 N–H and O–H groups in total. The zero-order valence-electron chi connectivity index (χ0n) is 13.5. The molecule has 0 fully saturated rings. The van der Waals surface area contributed by atoms with Crippen molar-refractivity contribution in [3.05, 3.63) is 66.6 Å². The Labute approximate surface area is 143 Å². The van der Waals surface area contributed by atoms with E-state index in [9.17, 15) is 9.18 Å². The summed E-state index contributed by atoms with van der Waals surface area (Å²) in [4.78, 5) is 20.7. The predicted octanol–water partition coefficient (Wildman–Crippen LogP) is 2.96. The maximum atomic E-state index is 13.6. The van der Waals surface area contributed by atoms with Gasteiger partial charge in [0.2, 0.25) is 0 Å². The number of nitrogens with one attached hydrogen (secondary N) is 1. The van der Waals surface area contributed by atoms with E-state index in [-0.39, 0.29) is 18.2 Å². The molecule has 0 spiro atoms. The van der Waals surface area contributed by atoms with Gasteiger partial charge in [0.1, 0.15) is 5.69 Å². The molecule has 1 aromatic carbocycles. The number of hydrogen-bond acceptors (Lipinski definition) is 5. The lowest BCUT2D eigenvalue weighted by Crippen LogP contribution is -2.36. The van der Waals surface area contributed by atoms with Gasteiger partial charge >= 0.3 is 0 Å². The summed E-state index contributed by atoms with van der Waals surface area (Å²) in [6, 6.07) is 9.44. The highest BCUT2D eigenvalue weighted by Gasteiger charge is 2.18. The third-order valence-electron chi connectivity index (χ3n) is 3.47. The van der Waals surface area contributed by atoms with Gasteiger partial charge in [-0.1, -0.05) is 12.1 Å². The number of hydrogen-bond donors (Lipinski definition) is 1. The molecule has 3 aromatic rings. The molecule has 0 bridgehead atoms. The predicted molar refractivity (Wildman–Crippen MR) is 88.1 cm³/mol. The van der Waals surface area contributed by atoms with Crippen molar-refractivity contribution in [1.82, 2.24) is 15.3 Å². The fraction of sp³-hybridized carbons (Fsp3) is 0.167. The topological polar surface area (TPSA) is 77.2 Å². The number of rotatable bonds is 6. The summed E-state index contributed by atoms with van der Waals surface area (Å²) in [5, 5.41) is 2.71. The van der Waals surface area contributed by atoms with Crippen LogP contribution in [-0.4, -0.2) is 22.0 Å². The number of para-hydroxylation sites is 1. The van der Waals surface area contributed by atoms with E-state index in [1.807, 2.05) is 0 Å². The van der Waals surface area contributed by atoms with Gasteiger partial charge in [-0.05, 0) is 31.2 Å². The fourth-order valence-electron chi connectivity index (χ4n) is 2.21. The van der Waals surface area contributed by atoms with Crippen LogP contribution < -0.4 is 10.1 Å². The van der Waals surface area contributed by atoms with Crippen molar-refractivity contribution in [3.8, 4) is 17.2 Å². The van der Waals surface area contributed by atoms with Gasteiger partial charge < -0.3 is 14.5 Å². The second-order valence-corrected chi connectivity index (χ2v) is 5.24. The van der Waals surface area contributed by atoms with Crippen molar-refractivity contribution in [2.45, 2.75) is 19.6 Å². The number of benzene rings is 1. The van der Waals surface area contributed by atoms with E-state index >= 15 is 0 Å². The number of halogens is 1. The first-order chi connectivity index (χ1) is 12.1. The second-order valence-electron chi connectivity index (χ2n) is 5.24. The second kappa shape index (κ2) is 7.57. The Bertz CT molecular complexity index is 852. The molecule has 0 aliphatic carbocycles. The molecule has 6 nitrogen and oxygen atoms in total. The van der Waals surface area contributed by atoms with Gasteiger partial charge in [0.15, 0.2) is 23.4 Å². The third kappa shape index (κ3) is 4.00. The Kier molecular flexibility index (Phi) is 5.03. The van der Waals surface area contributed by atoms with Crippen LogP contribution in [0, 0.1) is 5.82 Å². The molecule has 7 heteroatoms.